The molecule has 116 valence electrons. The molecular formula is C16H25N3O2. The van der Waals surface area contributed by atoms with Crippen LogP contribution in [-0.2, 0) is 6.54 Å². The van der Waals surface area contributed by atoms with Gasteiger partial charge in [-0.25, -0.2) is 4.79 Å². The number of nitrogens with one attached hydrogen (secondary N) is 2. The fourth-order valence-corrected chi connectivity index (χ4v) is 2.48. The van der Waals surface area contributed by atoms with Gasteiger partial charge in [-0.15, -0.1) is 0 Å². The fraction of sp³-hybridized carbons (Fsp3) is 0.562. The highest BCUT2D eigenvalue weighted by Crippen LogP contribution is 2.30. The van der Waals surface area contributed by atoms with E-state index in [0.29, 0.717) is 13.1 Å². The van der Waals surface area contributed by atoms with E-state index in [1.54, 1.807) is 0 Å². The van der Waals surface area contributed by atoms with Crippen LogP contribution in [0.1, 0.15) is 30.4 Å². The van der Waals surface area contributed by atoms with E-state index in [9.17, 15) is 9.90 Å². The predicted molar refractivity (Wildman–Crippen MR) is 84.5 cm³/mol. The summed E-state index contributed by atoms with van der Waals surface area (Å²) in [6.45, 7) is 2.85. The van der Waals surface area contributed by atoms with Crippen molar-refractivity contribution >= 4 is 11.7 Å². The molecule has 0 atom stereocenters. The van der Waals surface area contributed by atoms with E-state index >= 15 is 0 Å². The summed E-state index contributed by atoms with van der Waals surface area (Å²) in [5.74, 6) is 0. The van der Waals surface area contributed by atoms with Crippen molar-refractivity contribution in [3.63, 3.8) is 0 Å². The number of amides is 2. The Labute approximate surface area is 126 Å². The van der Waals surface area contributed by atoms with Gasteiger partial charge in [-0.2, -0.15) is 0 Å². The third-order valence-corrected chi connectivity index (χ3v) is 4.02. The van der Waals surface area contributed by atoms with Crippen molar-refractivity contribution in [2.75, 3.05) is 25.5 Å². The van der Waals surface area contributed by atoms with Gasteiger partial charge in [0.2, 0.25) is 0 Å². The van der Waals surface area contributed by atoms with Crippen molar-refractivity contribution in [3.8, 4) is 0 Å². The lowest BCUT2D eigenvalue weighted by molar-refractivity contribution is -0.0290. The third kappa shape index (κ3) is 4.11. The van der Waals surface area contributed by atoms with Gasteiger partial charge in [0.1, 0.15) is 0 Å². The minimum atomic E-state index is -0.685. The van der Waals surface area contributed by atoms with Crippen LogP contribution in [0.15, 0.2) is 18.2 Å². The topological polar surface area (TPSA) is 64.6 Å². The molecule has 21 heavy (non-hydrogen) atoms. The number of urea groups is 1. The summed E-state index contributed by atoms with van der Waals surface area (Å²) < 4.78 is 0. The molecule has 1 aromatic carbocycles. The summed E-state index contributed by atoms with van der Waals surface area (Å²) in [4.78, 5) is 13.8. The molecule has 0 heterocycles. The summed E-state index contributed by atoms with van der Waals surface area (Å²) in [6.07, 6.45) is 2.58. The Bertz CT molecular complexity index is 510. The quantitative estimate of drug-likeness (QED) is 0.775. The molecule has 1 aliphatic carbocycles. The predicted octanol–water partition coefficient (Wildman–Crippen LogP) is 1.78. The molecule has 1 saturated carbocycles. The molecule has 0 unspecified atom stereocenters. The van der Waals surface area contributed by atoms with Crippen LogP contribution in [0.25, 0.3) is 0 Å². The average Bonchev–Trinajstić information content (AvgIpc) is 2.41. The van der Waals surface area contributed by atoms with Crippen LogP contribution in [0.5, 0.6) is 0 Å². The largest absolute Gasteiger partial charge is 0.388 e. The van der Waals surface area contributed by atoms with Gasteiger partial charge in [0, 0.05) is 32.9 Å². The SMILES string of the molecule is Cc1ccc(CNC(=O)NCC2(O)CCC2)c(N(C)C)c1. The second-order valence-electron chi connectivity index (χ2n) is 6.14. The van der Waals surface area contributed by atoms with Gasteiger partial charge < -0.3 is 20.6 Å². The molecule has 2 amide bonds. The number of hydrogen-bond donors (Lipinski definition) is 3. The molecule has 0 radical (unpaired) electrons. The summed E-state index contributed by atoms with van der Waals surface area (Å²) in [7, 11) is 3.98. The maximum atomic E-state index is 11.8. The van der Waals surface area contributed by atoms with E-state index in [2.05, 4.69) is 23.6 Å². The van der Waals surface area contributed by atoms with Gasteiger partial charge in [0.05, 0.1) is 5.60 Å². The number of benzene rings is 1. The van der Waals surface area contributed by atoms with Crippen molar-refractivity contribution < 1.29 is 9.90 Å². The number of anilines is 1. The summed E-state index contributed by atoms with van der Waals surface area (Å²) in [6, 6.07) is 5.94. The Morgan fingerprint density at radius 2 is 2.05 bits per heavy atom. The molecule has 1 aliphatic rings. The highest BCUT2D eigenvalue weighted by Gasteiger charge is 2.34. The fourth-order valence-electron chi connectivity index (χ4n) is 2.48. The second-order valence-corrected chi connectivity index (χ2v) is 6.14. The minimum Gasteiger partial charge on any atom is -0.388 e. The Morgan fingerprint density at radius 3 is 2.62 bits per heavy atom. The van der Waals surface area contributed by atoms with E-state index in [4.69, 9.17) is 0 Å². The second kappa shape index (κ2) is 6.35. The molecule has 5 heteroatoms. The van der Waals surface area contributed by atoms with Crippen molar-refractivity contribution in [3.05, 3.63) is 29.3 Å². The van der Waals surface area contributed by atoms with Crippen LogP contribution in [-0.4, -0.2) is 37.4 Å². The normalized spacial score (nSPS) is 16.0. The molecule has 2 rings (SSSR count). The van der Waals surface area contributed by atoms with Crippen molar-refractivity contribution in [1.82, 2.24) is 10.6 Å². The molecule has 3 N–H and O–H groups in total. The van der Waals surface area contributed by atoms with E-state index in [1.165, 1.54) is 5.56 Å². The van der Waals surface area contributed by atoms with Crippen LogP contribution in [0, 0.1) is 6.92 Å². The first-order valence-electron chi connectivity index (χ1n) is 7.41. The molecule has 0 bridgehead atoms. The molecule has 0 saturated heterocycles. The Hall–Kier alpha value is -1.75. The minimum absolute atomic E-state index is 0.236. The van der Waals surface area contributed by atoms with Crippen molar-refractivity contribution in [2.24, 2.45) is 0 Å². The Balaban J connectivity index is 1.86. The standard InChI is InChI=1S/C16H25N3O2/c1-12-5-6-13(14(9-12)19(2)3)10-17-15(20)18-11-16(21)7-4-8-16/h5-6,9,21H,4,7-8,10-11H2,1-3H3,(H2,17,18,20). The molecule has 5 nitrogen and oxygen atoms in total. The lowest BCUT2D eigenvalue weighted by Crippen LogP contribution is -2.50. The average molecular weight is 291 g/mol. The van der Waals surface area contributed by atoms with Crippen LogP contribution in [0.4, 0.5) is 10.5 Å². The van der Waals surface area contributed by atoms with E-state index < -0.39 is 5.60 Å². The number of carbonyl (C=O) groups excluding carboxylic acids is 1. The van der Waals surface area contributed by atoms with Gasteiger partial charge in [-0.3, -0.25) is 0 Å². The zero-order chi connectivity index (χ0) is 15.5. The van der Waals surface area contributed by atoms with E-state index in [1.807, 2.05) is 31.1 Å². The lowest BCUT2D eigenvalue weighted by atomic mass is 9.80. The first-order valence-corrected chi connectivity index (χ1v) is 7.41. The zero-order valence-corrected chi connectivity index (χ0v) is 13.1. The van der Waals surface area contributed by atoms with Crippen LogP contribution < -0.4 is 15.5 Å². The Morgan fingerprint density at radius 1 is 1.33 bits per heavy atom. The van der Waals surface area contributed by atoms with Crippen molar-refractivity contribution in [1.29, 1.82) is 0 Å². The highest BCUT2D eigenvalue weighted by atomic mass is 16.3. The maximum absolute atomic E-state index is 11.8. The van der Waals surface area contributed by atoms with Crippen LogP contribution in [0.3, 0.4) is 0 Å². The third-order valence-electron chi connectivity index (χ3n) is 4.02. The van der Waals surface area contributed by atoms with Gasteiger partial charge >= 0.3 is 6.03 Å². The van der Waals surface area contributed by atoms with E-state index in [0.717, 1.165) is 30.5 Å². The van der Waals surface area contributed by atoms with Crippen LogP contribution >= 0.6 is 0 Å². The monoisotopic (exact) mass is 291 g/mol. The number of hydrogen-bond acceptors (Lipinski definition) is 3. The lowest BCUT2D eigenvalue weighted by Gasteiger charge is -2.36. The van der Waals surface area contributed by atoms with Gasteiger partial charge in [-0.1, -0.05) is 12.1 Å². The number of rotatable bonds is 5. The van der Waals surface area contributed by atoms with Gasteiger partial charge in [0.15, 0.2) is 0 Å². The first-order chi connectivity index (χ1) is 9.89. The summed E-state index contributed by atoms with van der Waals surface area (Å²) in [5, 5.41) is 15.5. The molecular weight excluding hydrogens is 266 g/mol. The molecule has 1 aromatic rings. The molecule has 1 fully saturated rings. The van der Waals surface area contributed by atoms with E-state index in [-0.39, 0.29) is 6.03 Å². The number of aliphatic hydroxyl groups is 1. The Kier molecular flexibility index (Phi) is 4.73. The van der Waals surface area contributed by atoms with Crippen LogP contribution in [0.2, 0.25) is 0 Å². The number of nitrogens with zero attached hydrogens (tertiary/aromatic N) is 1. The zero-order valence-electron chi connectivity index (χ0n) is 13.1. The van der Waals surface area contributed by atoms with Gasteiger partial charge in [0.25, 0.3) is 0 Å². The number of carbonyl (C=O) groups is 1. The van der Waals surface area contributed by atoms with Gasteiger partial charge in [-0.05, 0) is 43.4 Å². The molecule has 0 aromatic heterocycles. The molecule has 0 spiro atoms. The molecule has 0 aliphatic heterocycles. The smallest absolute Gasteiger partial charge is 0.315 e. The van der Waals surface area contributed by atoms with Crippen molar-refractivity contribution in [2.45, 2.75) is 38.3 Å². The summed E-state index contributed by atoms with van der Waals surface area (Å²) in [5.41, 5.74) is 2.69. The first kappa shape index (κ1) is 15.6. The maximum Gasteiger partial charge on any atom is 0.315 e. The number of aryl methyl sites for hydroxylation is 1. The highest BCUT2D eigenvalue weighted by molar-refractivity contribution is 5.74. The summed E-state index contributed by atoms with van der Waals surface area (Å²) >= 11 is 0.